The van der Waals surface area contributed by atoms with E-state index in [0.29, 0.717) is 12.2 Å². The Hall–Kier alpha value is -2.34. The zero-order valence-corrected chi connectivity index (χ0v) is 13.8. The van der Waals surface area contributed by atoms with Gasteiger partial charge in [-0.25, -0.2) is 0 Å². The summed E-state index contributed by atoms with van der Waals surface area (Å²) in [5.74, 6) is -0.498. The lowest BCUT2D eigenvalue weighted by molar-refractivity contribution is -0.122. The van der Waals surface area contributed by atoms with E-state index in [2.05, 4.69) is 21.2 Å². The molecule has 1 aliphatic heterocycles. The van der Waals surface area contributed by atoms with Crippen LogP contribution < -0.4 is 10.2 Å². The number of hydrogen-bond acceptors (Lipinski definition) is 3. The van der Waals surface area contributed by atoms with Crippen LogP contribution in [0, 0.1) is 5.92 Å². The number of phenolic OH excluding ortho intramolecular Hbond substituents is 1. The van der Waals surface area contributed by atoms with Crippen LogP contribution in [0.1, 0.15) is 6.42 Å². The van der Waals surface area contributed by atoms with E-state index in [1.54, 1.807) is 17.0 Å². The number of anilines is 2. The minimum atomic E-state index is -0.389. The molecule has 2 N–H and O–H groups in total. The van der Waals surface area contributed by atoms with Crippen molar-refractivity contribution in [3.63, 3.8) is 0 Å². The zero-order chi connectivity index (χ0) is 16.4. The topological polar surface area (TPSA) is 69.6 Å². The molecule has 0 radical (unpaired) electrons. The van der Waals surface area contributed by atoms with Crippen LogP contribution in [0.25, 0.3) is 0 Å². The van der Waals surface area contributed by atoms with E-state index in [9.17, 15) is 14.7 Å². The highest BCUT2D eigenvalue weighted by Gasteiger charge is 2.35. The van der Waals surface area contributed by atoms with Gasteiger partial charge in [-0.2, -0.15) is 0 Å². The number of phenols is 1. The monoisotopic (exact) mass is 374 g/mol. The molecule has 1 aliphatic rings. The Morgan fingerprint density at radius 3 is 2.43 bits per heavy atom. The number of rotatable bonds is 3. The number of carbonyl (C=O) groups excluding carboxylic acids is 2. The van der Waals surface area contributed by atoms with Crippen molar-refractivity contribution in [2.45, 2.75) is 6.42 Å². The van der Waals surface area contributed by atoms with Gasteiger partial charge in [-0.05, 0) is 48.5 Å². The first-order chi connectivity index (χ1) is 11.0. The number of amides is 2. The van der Waals surface area contributed by atoms with E-state index in [4.69, 9.17) is 0 Å². The third-order valence-corrected chi connectivity index (χ3v) is 4.30. The molecule has 0 bridgehead atoms. The van der Waals surface area contributed by atoms with Crippen molar-refractivity contribution in [3.8, 4) is 5.75 Å². The van der Waals surface area contributed by atoms with Gasteiger partial charge >= 0.3 is 0 Å². The summed E-state index contributed by atoms with van der Waals surface area (Å²) in [6.07, 6.45) is 0.194. The molecule has 0 spiro atoms. The van der Waals surface area contributed by atoms with Gasteiger partial charge in [-0.1, -0.05) is 15.9 Å². The van der Waals surface area contributed by atoms with Crippen LogP contribution in [0.4, 0.5) is 11.4 Å². The molecule has 23 heavy (non-hydrogen) atoms. The standard InChI is InChI=1S/C17H15BrN2O3/c18-12-1-5-14(6-2-12)20-10-11(9-16(20)22)17(23)19-13-3-7-15(21)8-4-13/h1-8,11,21H,9-10H2,(H,19,23). The number of nitrogens with one attached hydrogen (secondary N) is 1. The minimum absolute atomic E-state index is 0.0572. The van der Waals surface area contributed by atoms with Crippen LogP contribution in [0.15, 0.2) is 53.0 Å². The van der Waals surface area contributed by atoms with Crippen LogP contribution in [-0.2, 0) is 9.59 Å². The molecule has 0 aliphatic carbocycles. The Kier molecular flexibility index (Phi) is 4.34. The molecule has 1 fully saturated rings. The second kappa shape index (κ2) is 6.42. The van der Waals surface area contributed by atoms with E-state index >= 15 is 0 Å². The first kappa shape index (κ1) is 15.6. The second-order valence-corrected chi connectivity index (χ2v) is 6.33. The van der Waals surface area contributed by atoms with E-state index in [1.807, 2.05) is 24.3 Å². The first-order valence-corrected chi connectivity index (χ1v) is 7.98. The van der Waals surface area contributed by atoms with Crippen LogP contribution in [-0.4, -0.2) is 23.5 Å². The van der Waals surface area contributed by atoms with Gasteiger partial charge < -0.3 is 15.3 Å². The average molecular weight is 375 g/mol. The van der Waals surface area contributed by atoms with Gasteiger partial charge in [0, 0.05) is 28.8 Å². The summed E-state index contributed by atoms with van der Waals surface area (Å²) in [5, 5.41) is 12.0. The Labute approximate surface area is 142 Å². The normalized spacial score (nSPS) is 17.3. The second-order valence-electron chi connectivity index (χ2n) is 5.42. The Bertz CT molecular complexity index is 729. The predicted molar refractivity (Wildman–Crippen MR) is 91.3 cm³/mol. The fraction of sp³-hybridized carbons (Fsp3) is 0.176. The van der Waals surface area contributed by atoms with Crippen molar-refractivity contribution in [1.29, 1.82) is 0 Å². The third-order valence-electron chi connectivity index (χ3n) is 3.77. The zero-order valence-electron chi connectivity index (χ0n) is 12.2. The molecule has 2 amide bonds. The molecular formula is C17H15BrN2O3. The van der Waals surface area contributed by atoms with Gasteiger partial charge in [-0.15, -0.1) is 0 Å². The molecule has 0 saturated carbocycles. The highest BCUT2D eigenvalue weighted by Crippen LogP contribution is 2.27. The van der Waals surface area contributed by atoms with E-state index in [0.717, 1.165) is 10.2 Å². The fourth-order valence-electron chi connectivity index (χ4n) is 2.54. The van der Waals surface area contributed by atoms with Gasteiger partial charge in [0.25, 0.3) is 0 Å². The minimum Gasteiger partial charge on any atom is -0.508 e. The molecule has 1 heterocycles. The average Bonchev–Trinajstić information content (AvgIpc) is 2.92. The van der Waals surface area contributed by atoms with Crippen molar-refractivity contribution in [3.05, 3.63) is 53.0 Å². The van der Waals surface area contributed by atoms with Gasteiger partial charge in [0.15, 0.2) is 0 Å². The lowest BCUT2D eigenvalue weighted by atomic mass is 10.1. The maximum absolute atomic E-state index is 12.3. The highest BCUT2D eigenvalue weighted by molar-refractivity contribution is 9.10. The molecule has 1 atom stereocenters. The largest absolute Gasteiger partial charge is 0.508 e. The molecule has 0 aromatic heterocycles. The van der Waals surface area contributed by atoms with Crippen LogP contribution in [0.2, 0.25) is 0 Å². The van der Waals surface area contributed by atoms with Gasteiger partial charge in [0.2, 0.25) is 11.8 Å². The molecule has 2 aromatic rings. The molecule has 2 aromatic carbocycles. The summed E-state index contributed by atoms with van der Waals surface area (Å²) in [5.41, 5.74) is 1.39. The lowest BCUT2D eigenvalue weighted by Crippen LogP contribution is -2.28. The SMILES string of the molecule is O=C(Nc1ccc(O)cc1)C1CC(=O)N(c2ccc(Br)cc2)C1. The summed E-state index contributed by atoms with van der Waals surface area (Å²) in [7, 11) is 0. The van der Waals surface area contributed by atoms with Gasteiger partial charge in [0.05, 0.1) is 5.92 Å². The number of carbonyl (C=O) groups is 2. The molecule has 3 rings (SSSR count). The summed E-state index contributed by atoms with van der Waals surface area (Å²) in [6, 6.07) is 13.7. The van der Waals surface area contributed by atoms with Crippen LogP contribution >= 0.6 is 15.9 Å². The summed E-state index contributed by atoms with van der Waals surface area (Å²) in [4.78, 5) is 26.1. The predicted octanol–water partition coefficient (Wildman–Crippen LogP) is 3.15. The number of halogens is 1. The molecular weight excluding hydrogens is 360 g/mol. The van der Waals surface area contributed by atoms with Crippen LogP contribution in [0.3, 0.4) is 0 Å². The van der Waals surface area contributed by atoms with Crippen molar-refractivity contribution in [2.75, 3.05) is 16.8 Å². The molecule has 6 heteroatoms. The Morgan fingerprint density at radius 1 is 1.13 bits per heavy atom. The highest BCUT2D eigenvalue weighted by atomic mass is 79.9. The lowest BCUT2D eigenvalue weighted by Gasteiger charge is -2.16. The van der Waals surface area contributed by atoms with E-state index in [1.165, 1.54) is 12.1 Å². The number of hydrogen-bond donors (Lipinski definition) is 2. The van der Waals surface area contributed by atoms with Crippen molar-refractivity contribution in [2.24, 2.45) is 5.92 Å². The summed E-state index contributed by atoms with van der Waals surface area (Å²) >= 11 is 3.36. The third kappa shape index (κ3) is 3.53. The molecule has 5 nitrogen and oxygen atoms in total. The van der Waals surface area contributed by atoms with Crippen LogP contribution in [0.5, 0.6) is 5.75 Å². The molecule has 118 valence electrons. The van der Waals surface area contributed by atoms with Crippen molar-refractivity contribution >= 4 is 39.1 Å². The number of aromatic hydroxyl groups is 1. The van der Waals surface area contributed by atoms with Crippen molar-refractivity contribution in [1.82, 2.24) is 0 Å². The van der Waals surface area contributed by atoms with E-state index in [-0.39, 0.29) is 29.9 Å². The maximum Gasteiger partial charge on any atom is 0.229 e. The van der Waals surface area contributed by atoms with E-state index < -0.39 is 0 Å². The molecule has 1 unspecified atom stereocenters. The quantitative estimate of drug-likeness (QED) is 0.810. The molecule has 1 saturated heterocycles. The Morgan fingerprint density at radius 2 is 1.78 bits per heavy atom. The number of benzene rings is 2. The number of nitrogens with zero attached hydrogens (tertiary/aromatic N) is 1. The summed E-state index contributed by atoms with van der Waals surface area (Å²) < 4.78 is 0.939. The van der Waals surface area contributed by atoms with Gasteiger partial charge in [-0.3, -0.25) is 9.59 Å². The maximum atomic E-state index is 12.3. The fourth-order valence-corrected chi connectivity index (χ4v) is 2.81. The Balaban J connectivity index is 1.68. The smallest absolute Gasteiger partial charge is 0.229 e. The van der Waals surface area contributed by atoms with Crippen molar-refractivity contribution < 1.29 is 14.7 Å². The van der Waals surface area contributed by atoms with Gasteiger partial charge in [0.1, 0.15) is 5.75 Å². The summed E-state index contributed by atoms with van der Waals surface area (Å²) in [6.45, 7) is 0.365. The first-order valence-electron chi connectivity index (χ1n) is 7.19.